The maximum Gasteiger partial charge on any atom is 0.328 e. The maximum atomic E-state index is 12.9. The van der Waals surface area contributed by atoms with Crippen molar-refractivity contribution in [3.05, 3.63) is 70.5 Å². The first-order valence-corrected chi connectivity index (χ1v) is 7.72. The van der Waals surface area contributed by atoms with Gasteiger partial charge in [0.1, 0.15) is 11.9 Å². The van der Waals surface area contributed by atoms with Crippen LogP contribution in [0.4, 0.5) is 4.39 Å². The summed E-state index contributed by atoms with van der Waals surface area (Å²) in [6.45, 7) is 0. The third kappa shape index (κ3) is 5.06. The van der Waals surface area contributed by atoms with Gasteiger partial charge in [0.25, 0.3) is 0 Å². The molecule has 0 aliphatic heterocycles. The molecule has 0 aliphatic carbocycles. The molecule has 2 rings (SSSR count). The molecule has 1 atom stereocenters. The Labute approximate surface area is 144 Å². The summed E-state index contributed by atoms with van der Waals surface area (Å²) < 4.78 is 17.6. The Hall–Kier alpha value is -2.40. The van der Waals surface area contributed by atoms with Crippen LogP contribution in [0.5, 0.6) is 0 Å². The van der Waals surface area contributed by atoms with Gasteiger partial charge < -0.3 is 10.1 Å². The number of hydrogen-bond acceptors (Lipinski definition) is 3. The molecule has 0 aliphatic rings. The van der Waals surface area contributed by atoms with Crippen molar-refractivity contribution >= 4 is 23.5 Å². The van der Waals surface area contributed by atoms with Gasteiger partial charge in [0, 0.05) is 11.4 Å². The molecule has 4 nitrogen and oxygen atoms in total. The van der Waals surface area contributed by atoms with E-state index in [4.69, 9.17) is 16.3 Å². The second kappa shape index (κ2) is 8.45. The number of rotatable bonds is 6. The van der Waals surface area contributed by atoms with Crippen LogP contribution in [0.15, 0.2) is 48.5 Å². The minimum atomic E-state index is -0.845. The molecule has 2 aromatic rings. The lowest BCUT2D eigenvalue weighted by Crippen LogP contribution is -2.43. The van der Waals surface area contributed by atoms with Crippen LogP contribution in [-0.2, 0) is 27.2 Å². The summed E-state index contributed by atoms with van der Waals surface area (Å²) in [5.41, 5.74) is 1.38. The van der Waals surface area contributed by atoms with E-state index in [1.807, 2.05) is 0 Å². The van der Waals surface area contributed by atoms with E-state index in [0.29, 0.717) is 10.6 Å². The summed E-state index contributed by atoms with van der Waals surface area (Å²) in [6, 6.07) is 11.8. The molecular formula is C18H17ClFNO3. The highest BCUT2D eigenvalue weighted by molar-refractivity contribution is 6.31. The van der Waals surface area contributed by atoms with Crippen LogP contribution in [0.1, 0.15) is 11.1 Å². The Bertz CT molecular complexity index is 718. The molecule has 0 saturated carbocycles. The summed E-state index contributed by atoms with van der Waals surface area (Å²) in [4.78, 5) is 24.1. The van der Waals surface area contributed by atoms with Crippen molar-refractivity contribution in [1.82, 2.24) is 5.32 Å². The predicted octanol–water partition coefficient (Wildman–Crippen LogP) is 2.92. The van der Waals surface area contributed by atoms with Gasteiger partial charge in [-0.15, -0.1) is 0 Å². The molecule has 0 saturated heterocycles. The van der Waals surface area contributed by atoms with Crippen molar-refractivity contribution in [2.45, 2.75) is 18.9 Å². The summed E-state index contributed by atoms with van der Waals surface area (Å²) in [5.74, 6) is -1.28. The SMILES string of the molecule is COC(=O)[C@@H](Cc1ccccc1Cl)NC(=O)Cc1ccc(F)cc1. The summed E-state index contributed by atoms with van der Waals surface area (Å²) >= 11 is 6.10. The Kier molecular flexibility index (Phi) is 6.32. The fraction of sp³-hybridized carbons (Fsp3) is 0.222. The number of hydrogen-bond donors (Lipinski definition) is 1. The highest BCUT2D eigenvalue weighted by atomic mass is 35.5. The van der Waals surface area contributed by atoms with Crippen LogP contribution in [0.3, 0.4) is 0 Å². The first-order chi connectivity index (χ1) is 11.5. The lowest BCUT2D eigenvalue weighted by atomic mass is 10.1. The van der Waals surface area contributed by atoms with Gasteiger partial charge in [-0.3, -0.25) is 4.79 Å². The molecule has 0 heterocycles. The maximum absolute atomic E-state index is 12.9. The number of carbonyl (C=O) groups is 2. The molecule has 0 bridgehead atoms. The zero-order chi connectivity index (χ0) is 17.5. The molecule has 0 spiro atoms. The second-order valence-corrected chi connectivity index (χ2v) is 5.65. The van der Waals surface area contributed by atoms with Crippen molar-refractivity contribution in [3.8, 4) is 0 Å². The Morgan fingerprint density at radius 3 is 2.46 bits per heavy atom. The van der Waals surface area contributed by atoms with E-state index in [9.17, 15) is 14.0 Å². The van der Waals surface area contributed by atoms with Crippen LogP contribution in [0.25, 0.3) is 0 Å². The van der Waals surface area contributed by atoms with E-state index in [-0.39, 0.29) is 24.6 Å². The molecule has 0 unspecified atom stereocenters. The standard InChI is InChI=1S/C18H17ClFNO3/c1-24-18(23)16(11-13-4-2-3-5-15(13)19)21-17(22)10-12-6-8-14(20)9-7-12/h2-9,16H,10-11H2,1H3,(H,21,22)/t16-/m1/s1. The smallest absolute Gasteiger partial charge is 0.328 e. The fourth-order valence-corrected chi connectivity index (χ4v) is 2.47. The number of ether oxygens (including phenoxy) is 1. The van der Waals surface area contributed by atoms with Crippen LogP contribution in [0.2, 0.25) is 5.02 Å². The topological polar surface area (TPSA) is 55.4 Å². The summed E-state index contributed by atoms with van der Waals surface area (Å²) in [6.07, 6.45) is 0.262. The molecule has 0 radical (unpaired) electrons. The van der Waals surface area contributed by atoms with E-state index < -0.39 is 12.0 Å². The average Bonchev–Trinajstić information content (AvgIpc) is 2.57. The molecule has 2 aromatic carbocycles. The minimum absolute atomic E-state index is 0.0380. The van der Waals surface area contributed by atoms with Gasteiger partial charge in [-0.25, -0.2) is 9.18 Å². The number of halogens is 2. The Morgan fingerprint density at radius 1 is 1.17 bits per heavy atom. The van der Waals surface area contributed by atoms with Gasteiger partial charge in [0.15, 0.2) is 0 Å². The van der Waals surface area contributed by atoms with Crippen molar-refractivity contribution in [2.75, 3.05) is 7.11 Å². The molecule has 126 valence electrons. The minimum Gasteiger partial charge on any atom is -0.467 e. The van der Waals surface area contributed by atoms with Gasteiger partial charge in [-0.1, -0.05) is 41.9 Å². The quantitative estimate of drug-likeness (QED) is 0.816. The van der Waals surface area contributed by atoms with Gasteiger partial charge in [-0.05, 0) is 29.3 Å². The Morgan fingerprint density at radius 2 is 1.83 bits per heavy atom. The van der Waals surface area contributed by atoms with Gasteiger partial charge in [0.05, 0.1) is 13.5 Å². The fourth-order valence-electron chi connectivity index (χ4n) is 2.25. The number of carbonyl (C=O) groups excluding carboxylic acids is 2. The molecule has 0 fully saturated rings. The first kappa shape index (κ1) is 17.9. The van der Waals surface area contributed by atoms with Crippen molar-refractivity contribution in [1.29, 1.82) is 0 Å². The van der Waals surface area contributed by atoms with Crippen molar-refractivity contribution in [3.63, 3.8) is 0 Å². The number of esters is 1. The molecular weight excluding hydrogens is 333 g/mol. The van der Waals surface area contributed by atoms with Gasteiger partial charge >= 0.3 is 5.97 Å². The molecule has 0 aromatic heterocycles. The monoisotopic (exact) mass is 349 g/mol. The first-order valence-electron chi connectivity index (χ1n) is 7.34. The summed E-state index contributed by atoms with van der Waals surface area (Å²) in [5, 5.41) is 3.15. The predicted molar refractivity (Wildman–Crippen MR) is 89.2 cm³/mol. The zero-order valence-electron chi connectivity index (χ0n) is 13.1. The van der Waals surface area contributed by atoms with Crippen molar-refractivity contribution < 1.29 is 18.7 Å². The normalized spacial score (nSPS) is 11.6. The van der Waals surface area contributed by atoms with Crippen LogP contribution >= 0.6 is 11.6 Å². The second-order valence-electron chi connectivity index (χ2n) is 5.24. The van der Waals surface area contributed by atoms with Crippen molar-refractivity contribution in [2.24, 2.45) is 0 Å². The lowest BCUT2D eigenvalue weighted by molar-refractivity contribution is -0.145. The molecule has 6 heteroatoms. The van der Waals surface area contributed by atoms with Gasteiger partial charge in [0.2, 0.25) is 5.91 Å². The third-order valence-electron chi connectivity index (χ3n) is 3.48. The average molecular weight is 350 g/mol. The van der Waals surface area contributed by atoms with E-state index in [1.54, 1.807) is 24.3 Å². The van der Waals surface area contributed by atoms with Crippen LogP contribution < -0.4 is 5.32 Å². The highest BCUT2D eigenvalue weighted by Crippen LogP contribution is 2.17. The number of nitrogens with one attached hydrogen (secondary N) is 1. The van der Waals surface area contributed by atoms with Crippen LogP contribution in [0, 0.1) is 5.82 Å². The number of amides is 1. The highest BCUT2D eigenvalue weighted by Gasteiger charge is 2.22. The largest absolute Gasteiger partial charge is 0.467 e. The zero-order valence-corrected chi connectivity index (χ0v) is 13.8. The number of benzene rings is 2. The lowest BCUT2D eigenvalue weighted by Gasteiger charge is -2.17. The summed E-state index contributed by atoms with van der Waals surface area (Å²) in [7, 11) is 1.26. The van der Waals surface area contributed by atoms with E-state index in [0.717, 1.165) is 5.56 Å². The van der Waals surface area contributed by atoms with Crippen LogP contribution in [-0.4, -0.2) is 25.0 Å². The molecule has 1 amide bonds. The van der Waals surface area contributed by atoms with E-state index in [1.165, 1.54) is 31.4 Å². The van der Waals surface area contributed by atoms with E-state index in [2.05, 4.69) is 5.32 Å². The number of methoxy groups -OCH3 is 1. The Balaban J connectivity index is 2.05. The van der Waals surface area contributed by atoms with Gasteiger partial charge in [-0.2, -0.15) is 0 Å². The van der Waals surface area contributed by atoms with E-state index >= 15 is 0 Å². The third-order valence-corrected chi connectivity index (χ3v) is 3.85. The molecule has 1 N–H and O–H groups in total. The molecule has 24 heavy (non-hydrogen) atoms.